The smallest absolute Gasteiger partial charge is 0.329 e. The molecule has 0 spiro atoms. The van der Waals surface area contributed by atoms with Gasteiger partial charge in [-0.15, -0.1) is 0 Å². The van der Waals surface area contributed by atoms with E-state index < -0.39 is 11.5 Å². The molecule has 0 bridgehead atoms. The van der Waals surface area contributed by atoms with Crippen LogP contribution in [0.3, 0.4) is 0 Å². The first kappa shape index (κ1) is 14.6. The fourth-order valence-corrected chi connectivity index (χ4v) is 4.21. The highest BCUT2D eigenvalue weighted by atomic mass is 16.4. The summed E-state index contributed by atoms with van der Waals surface area (Å²) in [6, 6.07) is 0.295. The molecular weight excluding hydrogens is 270 g/mol. The highest BCUT2D eigenvalue weighted by Crippen LogP contribution is 2.30. The topological polar surface area (TPSA) is 81.7 Å². The average molecular weight is 295 g/mol. The predicted molar refractivity (Wildman–Crippen MR) is 78.1 cm³/mol. The second-order valence-corrected chi connectivity index (χ2v) is 6.69. The van der Waals surface area contributed by atoms with Gasteiger partial charge >= 0.3 is 12.0 Å². The van der Waals surface area contributed by atoms with Crippen LogP contribution < -0.4 is 10.6 Å². The molecule has 3 fully saturated rings. The van der Waals surface area contributed by atoms with Crippen LogP contribution >= 0.6 is 0 Å². The van der Waals surface area contributed by atoms with Crippen LogP contribution in [0.5, 0.6) is 0 Å². The van der Waals surface area contributed by atoms with E-state index in [9.17, 15) is 14.7 Å². The molecule has 2 amide bonds. The van der Waals surface area contributed by atoms with Gasteiger partial charge in [0.2, 0.25) is 0 Å². The minimum atomic E-state index is -1.05. The van der Waals surface area contributed by atoms with Crippen LogP contribution in [0.4, 0.5) is 4.79 Å². The summed E-state index contributed by atoms with van der Waals surface area (Å²) >= 11 is 0. The van der Waals surface area contributed by atoms with E-state index in [0.717, 1.165) is 38.8 Å². The molecule has 2 heterocycles. The maximum atomic E-state index is 12.2. The summed E-state index contributed by atoms with van der Waals surface area (Å²) in [5, 5.41) is 15.2. The second-order valence-electron chi connectivity index (χ2n) is 6.69. The van der Waals surface area contributed by atoms with E-state index in [-0.39, 0.29) is 12.1 Å². The summed E-state index contributed by atoms with van der Waals surface area (Å²) in [5.74, 6) is -0.902. The fourth-order valence-electron chi connectivity index (χ4n) is 4.21. The van der Waals surface area contributed by atoms with Crippen molar-refractivity contribution in [3.63, 3.8) is 0 Å². The van der Waals surface area contributed by atoms with Crippen LogP contribution in [-0.2, 0) is 4.79 Å². The standard InChI is InChI=1S/C15H25N3O3/c19-13(20)15(7-2-3-8-15)17-14(21)16-11-6-10-18-9-4-1-5-12(11)18/h11-12H,1-10H2,(H,19,20)(H2,16,17,21). The molecule has 3 aliphatic rings. The van der Waals surface area contributed by atoms with Crippen molar-refractivity contribution in [2.75, 3.05) is 13.1 Å². The number of carbonyl (C=O) groups is 2. The van der Waals surface area contributed by atoms with Crippen molar-refractivity contribution in [2.45, 2.75) is 69.0 Å². The molecule has 1 aliphatic carbocycles. The number of nitrogens with zero attached hydrogens (tertiary/aromatic N) is 1. The van der Waals surface area contributed by atoms with Crippen LogP contribution in [-0.4, -0.2) is 52.7 Å². The zero-order valence-corrected chi connectivity index (χ0v) is 12.4. The average Bonchev–Trinajstić information content (AvgIpc) is 3.08. The molecule has 2 atom stereocenters. The molecule has 0 aromatic carbocycles. The minimum Gasteiger partial charge on any atom is -0.480 e. The van der Waals surface area contributed by atoms with E-state index in [1.807, 2.05) is 0 Å². The molecule has 0 aromatic rings. The minimum absolute atomic E-state index is 0.164. The van der Waals surface area contributed by atoms with Gasteiger partial charge in [-0.05, 0) is 38.6 Å². The van der Waals surface area contributed by atoms with Gasteiger partial charge < -0.3 is 15.7 Å². The molecule has 0 radical (unpaired) electrons. The number of urea groups is 1. The summed E-state index contributed by atoms with van der Waals surface area (Å²) in [6.45, 7) is 2.17. The summed E-state index contributed by atoms with van der Waals surface area (Å²) in [6.07, 6.45) is 7.38. The number of hydrogen-bond donors (Lipinski definition) is 3. The third kappa shape index (κ3) is 2.86. The van der Waals surface area contributed by atoms with Crippen LogP contribution in [0, 0.1) is 0 Å². The molecule has 3 N–H and O–H groups in total. The van der Waals surface area contributed by atoms with E-state index in [1.54, 1.807) is 0 Å². The number of amides is 2. The van der Waals surface area contributed by atoms with Gasteiger partial charge in [-0.25, -0.2) is 9.59 Å². The Balaban J connectivity index is 1.57. The molecule has 118 valence electrons. The number of fused-ring (bicyclic) bond motifs is 1. The maximum absolute atomic E-state index is 12.2. The first-order valence-corrected chi connectivity index (χ1v) is 8.17. The molecule has 2 saturated heterocycles. The number of hydrogen-bond acceptors (Lipinski definition) is 3. The molecule has 3 rings (SSSR count). The maximum Gasteiger partial charge on any atom is 0.329 e. The summed E-state index contributed by atoms with van der Waals surface area (Å²) in [5.41, 5.74) is -1.05. The normalized spacial score (nSPS) is 31.6. The third-order valence-corrected chi connectivity index (χ3v) is 5.39. The van der Waals surface area contributed by atoms with Crippen molar-refractivity contribution >= 4 is 12.0 Å². The fraction of sp³-hybridized carbons (Fsp3) is 0.867. The quantitative estimate of drug-likeness (QED) is 0.733. The van der Waals surface area contributed by atoms with Gasteiger partial charge in [-0.3, -0.25) is 4.90 Å². The number of rotatable bonds is 3. The van der Waals surface area contributed by atoms with Crippen molar-refractivity contribution in [2.24, 2.45) is 0 Å². The third-order valence-electron chi connectivity index (χ3n) is 5.39. The van der Waals surface area contributed by atoms with E-state index in [0.29, 0.717) is 18.9 Å². The van der Waals surface area contributed by atoms with Crippen LogP contribution in [0.15, 0.2) is 0 Å². The Morgan fingerprint density at radius 2 is 1.81 bits per heavy atom. The van der Waals surface area contributed by atoms with Crippen LogP contribution in [0.2, 0.25) is 0 Å². The van der Waals surface area contributed by atoms with Gasteiger partial charge in [0, 0.05) is 18.6 Å². The van der Waals surface area contributed by atoms with E-state index in [4.69, 9.17) is 0 Å². The SMILES string of the molecule is O=C(NC1CCN2CCCCC12)NC1(C(=O)O)CCCC1. The summed E-state index contributed by atoms with van der Waals surface area (Å²) in [7, 11) is 0. The lowest BCUT2D eigenvalue weighted by Gasteiger charge is -2.33. The van der Waals surface area contributed by atoms with Crippen molar-refractivity contribution in [1.82, 2.24) is 15.5 Å². The summed E-state index contributed by atoms with van der Waals surface area (Å²) in [4.78, 5) is 26.2. The Morgan fingerprint density at radius 3 is 2.52 bits per heavy atom. The molecular formula is C15H25N3O3. The lowest BCUT2D eigenvalue weighted by molar-refractivity contribution is -0.144. The molecule has 1 saturated carbocycles. The molecule has 21 heavy (non-hydrogen) atoms. The van der Waals surface area contributed by atoms with Gasteiger partial charge in [-0.2, -0.15) is 0 Å². The number of nitrogens with one attached hydrogen (secondary N) is 2. The lowest BCUT2D eigenvalue weighted by atomic mass is 9.97. The molecule has 0 aromatic heterocycles. The first-order valence-electron chi connectivity index (χ1n) is 8.17. The Bertz CT molecular complexity index is 420. The highest BCUT2D eigenvalue weighted by molar-refractivity contribution is 5.86. The first-order chi connectivity index (χ1) is 10.1. The highest BCUT2D eigenvalue weighted by Gasteiger charge is 2.43. The van der Waals surface area contributed by atoms with Gasteiger partial charge in [0.05, 0.1) is 0 Å². The van der Waals surface area contributed by atoms with Gasteiger partial charge in [0.25, 0.3) is 0 Å². The molecule has 6 nitrogen and oxygen atoms in total. The second kappa shape index (κ2) is 5.83. The van der Waals surface area contributed by atoms with Gasteiger partial charge in [0.1, 0.15) is 5.54 Å². The van der Waals surface area contributed by atoms with Crippen LogP contribution in [0.25, 0.3) is 0 Å². The number of piperidine rings is 1. The number of carbonyl (C=O) groups excluding carboxylic acids is 1. The van der Waals surface area contributed by atoms with E-state index in [1.165, 1.54) is 12.8 Å². The largest absolute Gasteiger partial charge is 0.480 e. The zero-order valence-electron chi connectivity index (χ0n) is 12.4. The van der Waals surface area contributed by atoms with Crippen molar-refractivity contribution < 1.29 is 14.7 Å². The lowest BCUT2D eigenvalue weighted by Crippen LogP contribution is -2.58. The Morgan fingerprint density at radius 1 is 1.05 bits per heavy atom. The number of aliphatic carboxylic acids is 1. The number of carboxylic acid groups (broad SMARTS) is 1. The molecule has 6 heteroatoms. The van der Waals surface area contributed by atoms with E-state index in [2.05, 4.69) is 15.5 Å². The van der Waals surface area contributed by atoms with Crippen molar-refractivity contribution in [3.05, 3.63) is 0 Å². The van der Waals surface area contributed by atoms with E-state index >= 15 is 0 Å². The zero-order chi connectivity index (χ0) is 14.9. The van der Waals surface area contributed by atoms with Crippen molar-refractivity contribution in [1.29, 1.82) is 0 Å². The monoisotopic (exact) mass is 295 g/mol. The number of carboxylic acids is 1. The van der Waals surface area contributed by atoms with Gasteiger partial charge in [0.15, 0.2) is 0 Å². The Kier molecular flexibility index (Phi) is 4.06. The Hall–Kier alpha value is -1.30. The van der Waals surface area contributed by atoms with Crippen molar-refractivity contribution in [3.8, 4) is 0 Å². The molecule has 2 unspecified atom stereocenters. The predicted octanol–water partition coefficient (Wildman–Crippen LogP) is 1.31. The molecule has 2 aliphatic heterocycles. The van der Waals surface area contributed by atoms with Crippen LogP contribution in [0.1, 0.15) is 51.4 Å². The summed E-state index contributed by atoms with van der Waals surface area (Å²) < 4.78 is 0. The van der Waals surface area contributed by atoms with Gasteiger partial charge in [-0.1, -0.05) is 19.3 Å². The Labute approximate surface area is 125 Å².